The molecule has 1 aromatic carbocycles. The molecule has 0 saturated carbocycles. The normalized spacial score (nSPS) is 11.5. The molecule has 0 unspecified atom stereocenters. The Morgan fingerprint density at radius 2 is 2.27 bits per heavy atom. The van der Waals surface area contributed by atoms with Crippen LogP contribution in [-0.4, -0.2) is 36.5 Å². The SMILES string of the molecule is CN=C(NCCc1cccc(F)c1)N(C)Cc1csc(C)n1. The molecule has 0 amide bonds. The van der Waals surface area contributed by atoms with E-state index in [0.717, 1.165) is 28.6 Å². The molecule has 0 fully saturated rings. The molecule has 6 heteroatoms. The first-order valence-corrected chi connectivity index (χ1v) is 8.03. The zero-order valence-corrected chi connectivity index (χ0v) is 14.0. The second kappa shape index (κ2) is 7.89. The Balaban J connectivity index is 1.84. The molecule has 0 saturated heterocycles. The van der Waals surface area contributed by atoms with E-state index in [1.807, 2.05) is 24.9 Å². The summed E-state index contributed by atoms with van der Waals surface area (Å²) in [6, 6.07) is 6.68. The molecule has 0 aliphatic heterocycles. The van der Waals surface area contributed by atoms with Gasteiger partial charge in [0.25, 0.3) is 0 Å². The number of hydrogen-bond acceptors (Lipinski definition) is 3. The molecule has 4 nitrogen and oxygen atoms in total. The summed E-state index contributed by atoms with van der Waals surface area (Å²) in [4.78, 5) is 10.8. The number of aryl methyl sites for hydroxylation is 1. The zero-order chi connectivity index (χ0) is 15.9. The maximum absolute atomic E-state index is 13.1. The van der Waals surface area contributed by atoms with Gasteiger partial charge in [-0.05, 0) is 31.0 Å². The highest BCUT2D eigenvalue weighted by Gasteiger charge is 2.08. The van der Waals surface area contributed by atoms with Gasteiger partial charge in [0.2, 0.25) is 0 Å². The predicted octanol–water partition coefficient (Wildman–Crippen LogP) is 2.84. The molecule has 1 heterocycles. The lowest BCUT2D eigenvalue weighted by Gasteiger charge is -2.21. The van der Waals surface area contributed by atoms with Crippen LogP contribution in [0.4, 0.5) is 4.39 Å². The number of aromatic nitrogens is 1. The average Bonchev–Trinajstić information content (AvgIpc) is 2.88. The lowest BCUT2D eigenvalue weighted by atomic mass is 10.1. The molecule has 1 aromatic heterocycles. The van der Waals surface area contributed by atoms with E-state index in [0.29, 0.717) is 13.1 Å². The standard InChI is InChI=1S/C16H21FN4S/c1-12-20-15(11-22-12)10-21(3)16(18-2)19-8-7-13-5-4-6-14(17)9-13/h4-6,9,11H,7-8,10H2,1-3H3,(H,18,19). The first kappa shape index (κ1) is 16.4. The Labute approximate surface area is 134 Å². The monoisotopic (exact) mass is 320 g/mol. The molecule has 118 valence electrons. The quantitative estimate of drug-likeness (QED) is 0.680. The van der Waals surface area contributed by atoms with Gasteiger partial charge in [-0.3, -0.25) is 4.99 Å². The minimum atomic E-state index is -0.196. The third-order valence-electron chi connectivity index (χ3n) is 3.22. The van der Waals surface area contributed by atoms with E-state index < -0.39 is 0 Å². The van der Waals surface area contributed by atoms with Crippen LogP contribution >= 0.6 is 11.3 Å². The number of benzene rings is 1. The lowest BCUT2D eigenvalue weighted by Crippen LogP contribution is -2.39. The van der Waals surface area contributed by atoms with Crippen molar-refractivity contribution in [3.05, 3.63) is 51.7 Å². The van der Waals surface area contributed by atoms with Crippen LogP contribution in [0.25, 0.3) is 0 Å². The van der Waals surface area contributed by atoms with Crippen molar-refractivity contribution in [1.82, 2.24) is 15.2 Å². The molecule has 0 radical (unpaired) electrons. The number of guanidine groups is 1. The van der Waals surface area contributed by atoms with E-state index in [4.69, 9.17) is 0 Å². The van der Waals surface area contributed by atoms with Crippen LogP contribution in [0.15, 0.2) is 34.6 Å². The highest BCUT2D eigenvalue weighted by molar-refractivity contribution is 7.09. The topological polar surface area (TPSA) is 40.5 Å². The lowest BCUT2D eigenvalue weighted by molar-refractivity contribution is 0.471. The van der Waals surface area contributed by atoms with Crippen molar-refractivity contribution in [2.24, 2.45) is 4.99 Å². The van der Waals surface area contributed by atoms with Gasteiger partial charge in [-0.15, -0.1) is 11.3 Å². The summed E-state index contributed by atoms with van der Waals surface area (Å²) in [6.45, 7) is 3.42. The minimum absolute atomic E-state index is 0.196. The number of nitrogens with one attached hydrogen (secondary N) is 1. The largest absolute Gasteiger partial charge is 0.356 e. The summed E-state index contributed by atoms with van der Waals surface area (Å²) < 4.78 is 13.1. The smallest absolute Gasteiger partial charge is 0.193 e. The molecule has 0 aliphatic rings. The highest BCUT2D eigenvalue weighted by Crippen LogP contribution is 2.09. The summed E-state index contributed by atoms with van der Waals surface area (Å²) >= 11 is 1.65. The Hall–Kier alpha value is -1.95. The fourth-order valence-electron chi connectivity index (χ4n) is 2.19. The van der Waals surface area contributed by atoms with Crippen molar-refractivity contribution < 1.29 is 4.39 Å². The van der Waals surface area contributed by atoms with Crippen LogP contribution in [0.3, 0.4) is 0 Å². The van der Waals surface area contributed by atoms with Gasteiger partial charge in [-0.2, -0.15) is 0 Å². The van der Waals surface area contributed by atoms with Crippen LogP contribution in [0, 0.1) is 12.7 Å². The molecule has 2 rings (SSSR count). The molecular formula is C16H21FN4S. The van der Waals surface area contributed by atoms with Gasteiger partial charge in [0.15, 0.2) is 5.96 Å². The molecule has 0 bridgehead atoms. The van der Waals surface area contributed by atoms with Gasteiger partial charge in [0.1, 0.15) is 5.82 Å². The first-order valence-electron chi connectivity index (χ1n) is 7.15. The van der Waals surface area contributed by atoms with E-state index in [1.165, 1.54) is 6.07 Å². The number of thiazole rings is 1. The Morgan fingerprint density at radius 1 is 1.45 bits per heavy atom. The first-order chi connectivity index (χ1) is 10.6. The van der Waals surface area contributed by atoms with E-state index in [9.17, 15) is 4.39 Å². The molecule has 2 aromatic rings. The van der Waals surface area contributed by atoms with Gasteiger partial charge in [-0.25, -0.2) is 9.37 Å². The van der Waals surface area contributed by atoms with E-state index in [2.05, 4.69) is 20.7 Å². The Bertz CT molecular complexity index is 639. The number of aliphatic imine (C=N–C) groups is 1. The molecule has 22 heavy (non-hydrogen) atoms. The second-order valence-corrected chi connectivity index (χ2v) is 6.13. The summed E-state index contributed by atoms with van der Waals surface area (Å²) in [5.74, 6) is 0.611. The zero-order valence-electron chi connectivity index (χ0n) is 13.1. The van der Waals surface area contributed by atoms with Crippen LogP contribution < -0.4 is 5.32 Å². The van der Waals surface area contributed by atoms with Crippen LogP contribution in [0.1, 0.15) is 16.3 Å². The fourth-order valence-corrected chi connectivity index (χ4v) is 2.80. The van der Waals surface area contributed by atoms with Crippen LogP contribution in [0.5, 0.6) is 0 Å². The third kappa shape index (κ3) is 4.80. The molecule has 0 spiro atoms. The van der Waals surface area contributed by atoms with Gasteiger partial charge in [0, 0.05) is 26.0 Å². The van der Waals surface area contributed by atoms with Crippen molar-refractivity contribution in [3.63, 3.8) is 0 Å². The van der Waals surface area contributed by atoms with Crippen molar-refractivity contribution in [2.45, 2.75) is 19.9 Å². The number of hydrogen-bond donors (Lipinski definition) is 1. The highest BCUT2D eigenvalue weighted by atomic mass is 32.1. The van der Waals surface area contributed by atoms with Crippen LogP contribution in [-0.2, 0) is 13.0 Å². The van der Waals surface area contributed by atoms with E-state index >= 15 is 0 Å². The van der Waals surface area contributed by atoms with E-state index in [1.54, 1.807) is 30.5 Å². The van der Waals surface area contributed by atoms with Crippen molar-refractivity contribution in [3.8, 4) is 0 Å². The van der Waals surface area contributed by atoms with Crippen molar-refractivity contribution in [1.29, 1.82) is 0 Å². The molecule has 0 atom stereocenters. The Morgan fingerprint density at radius 3 is 2.91 bits per heavy atom. The number of halogens is 1. The van der Waals surface area contributed by atoms with Gasteiger partial charge >= 0.3 is 0 Å². The summed E-state index contributed by atoms with van der Waals surface area (Å²) in [7, 11) is 3.74. The summed E-state index contributed by atoms with van der Waals surface area (Å²) in [5.41, 5.74) is 2.01. The minimum Gasteiger partial charge on any atom is -0.356 e. The molecule has 0 aliphatic carbocycles. The number of rotatable bonds is 5. The van der Waals surface area contributed by atoms with Gasteiger partial charge in [-0.1, -0.05) is 12.1 Å². The Kier molecular flexibility index (Phi) is 5.89. The summed E-state index contributed by atoms with van der Waals surface area (Å²) in [6.07, 6.45) is 0.750. The molecule has 1 N–H and O–H groups in total. The maximum Gasteiger partial charge on any atom is 0.193 e. The fraction of sp³-hybridized carbons (Fsp3) is 0.375. The van der Waals surface area contributed by atoms with E-state index in [-0.39, 0.29) is 5.82 Å². The second-order valence-electron chi connectivity index (χ2n) is 5.07. The predicted molar refractivity (Wildman–Crippen MR) is 89.8 cm³/mol. The van der Waals surface area contributed by atoms with Gasteiger partial charge < -0.3 is 10.2 Å². The average molecular weight is 320 g/mol. The third-order valence-corrected chi connectivity index (χ3v) is 4.05. The number of nitrogens with zero attached hydrogens (tertiary/aromatic N) is 3. The van der Waals surface area contributed by atoms with Gasteiger partial charge in [0.05, 0.1) is 17.2 Å². The maximum atomic E-state index is 13.1. The van der Waals surface area contributed by atoms with Crippen molar-refractivity contribution >= 4 is 17.3 Å². The molecular weight excluding hydrogens is 299 g/mol. The van der Waals surface area contributed by atoms with Crippen LogP contribution in [0.2, 0.25) is 0 Å². The summed E-state index contributed by atoms with van der Waals surface area (Å²) in [5, 5.41) is 6.42. The van der Waals surface area contributed by atoms with Crippen molar-refractivity contribution in [2.75, 3.05) is 20.6 Å².